The number of hydrogen-bond acceptors (Lipinski definition) is 2. The molecule has 0 aromatic heterocycles. The van der Waals surface area contributed by atoms with Gasteiger partial charge < -0.3 is 9.84 Å². The van der Waals surface area contributed by atoms with E-state index in [0.29, 0.717) is 0 Å². The van der Waals surface area contributed by atoms with Gasteiger partial charge in [0.05, 0.1) is 12.7 Å². The highest BCUT2D eigenvalue weighted by atomic mass is 16.5. The van der Waals surface area contributed by atoms with Crippen LogP contribution < -0.4 is 4.74 Å². The van der Waals surface area contributed by atoms with Gasteiger partial charge in [0.15, 0.2) is 0 Å². The van der Waals surface area contributed by atoms with Crippen LogP contribution in [-0.4, -0.2) is 17.8 Å². The van der Waals surface area contributed by atoms with Gasteiger partial charge in [-0.1, -0.05) is 38.0 Å². The molecule has 0 bridgehead atoms. The highest BCUT2D eigenvalue weighted by molar-refractivity contribution is 5.56. The van der Waals surface area contributed by atoms with Crippen molar-refractivity contribution in [3.63, 3.8) is 0 Å². The first-order valence-electron chi connectivity index (χ1n) is 7.25. The predicted octanol–water partition coefficient (Wildman–Crippen LogP) is 4.18. The number of methoxy groups -OCH3 is 1. The van der Waals surface area contributed by atoms with Crippen molar-refractivity contribution in [2.75, 3.05) is 7.11 Å². The molecular weight excluding hydrogens is 236 g/mol. The van der Waals surface area contributed by atoms with E-state index in [1.807, 2.05) is 24.3 Å². The Morgan fingerprint density at radius 3 is 2.58 bits per heavy atom. The van der Waals surface area contributed by atoms with Crippen LogP contribution in [0.15, 0.2) is 29.8 Å². The van der Waals surface area contributed by atoms with Crippen LogP contribution in [0.2, 0.25) is 0 Å². The summed E-state index contributed by atoms with van der Waals surface area (Å²) in [4.78, 5) is 0. The maximum absolute atomic E-state index is 10.8. The SMILES string of the molecule is CCC1(O)CCCCCC1=Cc1ccc(OC)cc1. The molecule has 2 nitrogen and oxygen atoms in total. The lowest BCUT2D eigenvalue weighted by Crippen LogP contribution is -2.29. The molecule has 19 heavy (non-hydrogen) atoms. The Bertz CT molecular complexity index is 433. The molecule has 104 valence electrons. The Morgan fingerprint density at radius 2 is 1.95 bits per heavy atom. The van der Waals surface area contributed by atoms with Gasteiger partial charge in [-0.2, -0.15) is 0 Å². The Hall–Kier alpha value is -1.28. The second kappa shape index (κ2) is 6.25. The fraction of sp³-hybridized carbons (Fsp3) is 0.529. The highest BCUT2D eigenvalue weighted by Crippen LogP contribution is 2.35. The summed E-state index contributed by atoms with van der Waals surface area (Å²) in [6, 6.07) is 8.03. The molecule has 0 amide bonds. The number of ether oxygens (including phenoxy) is 1. The van der Waals surface area contributed by atoms with Gasteiger partial charge >= 0.3 is 0 Å². The van der Waals surface area contributed by atoms with Crippen LogP contribution in [0.3, 0.4) is 0 Å². The van der Waals surface area contributed by atoms with Crippen LogP contribution in [0, 0.1) is 0 Å². The van der Waals surface area contributed by atoms with E-state index in [0.717, 1.165) is 37.0 Å². The monoisotopic (exact) mass is 260 g/mol. The summed E-state index contributed by atoms with van der Waals surface area (Å²) in [7, 11) is 1.68. The van der Waals surface area contributed by atoms with Crippen molar-refractivity contribution in [1.82, 2.24) is 0 Å². The standard InChI is InChI=1S/C17H24O2/c1-3-17(18)12-6-4-5-7-15(17)13-14-8-10-16(19-2)11-9-14/h8-11,13,18H,3-7,12H2,1-2H3. The van der Waals surface area contributed by atoms with Gasteiger partial charge in [0.1, 0.15) is 5.75 Å². The van der Waals surface area contributed by atoms with Crippen LogP contribution in [0.4, 0.5) is 0 Å². The largest absolute Gasteiger partial charge is 0.497 e. The van der Waals surface area contributed by atoms with E-state index in [-0.39, 0.29) is 0 Å². The molecule has 1 unspecified atom stereocenters. The molecule has 0 saturated heterocycles. The van der Waals surface area contributed by atoms with Gasteiger partial charge in [-0.15, -0.1) is 0 Å². The molecule has 1 saturated carbocycles. The summed E-state index contributed by atoms with van der Waals surface area (Å²) in [5.74, 6) is 0.869. The minimum Gasteiger partial charge on any atom is -0.497 e. The molecule has 1 aromatic carbocycles. The quantitative estimate of drug-likeness (QED) is 0.826. The number of aliphatic hydroxyl groups is 1. The van der Waals surface area contributed by atoms with Crippen molar-refractivity contribution in [2.24, 2.45) is 0 Å². The molecule has 1 atom stereocenters. The topological polar surface area (TPSA) is 29.5 Å². The van der Waals surface area contributed by atoms with Crippen LogP contribution in [0.1, 0.15) is 51.0 Å². The Morgan fingerprint density at radius 1 is 1.21 bits per heavy atom. The first-order chi connectivity index (χ1) is 9.18. The Balaban J connectivity index is 2.26. The molecule has 1 N–H and O–H groups in total. The molecule has 2 heteroatoms. The number of rotatable bonds is 3. The molecule has 1 aliphatic carbocycles. The lowest BCUT2D eigenvalue weighted by molar-refractivity contribution is 0.0650. The van der Waals surface area contributed by atoms with Gasteiger partial charge in [0.2, 0.25) is 0 Å². The number of hydrogen-bond donors (Lipinski definition) is 1. The predicted molar refractivity (Wildman–Crippen MR) is 79.3 cm³/mol. The fourth-order valence-corrected chi connectivity index (χ4v) is 2.81. The van der Waals surface area contributed by atoms with Gasteiger partial charge in [-0.05, 0) is 49.0 Å². The fourth-order valence-electron chi connectivity index (χ4n) is 2.81. The van der Waals surface area contributed by atoms with Gasteiger partial charge in [-0.3, -0.25) is 0 Å². The normalized spacial score (nSPS) is 26.2. The molecule has 1 fully saturated rings. The second-order valence-corrected chi connectivity index (χ2v) is 5.39. The maximum atomic E-state index is 10.8. The van der Waals surface area contributed by atoms with Gasteiger partial charge in [-0.25, -0.2) is 0 Å². The second-order valence-electron chi connectivity index (χ2n) is 5.39. The third-order valence-corrected chi connectivity index (χ3v) is 4.18. The van der Waals surface area contributed by atoms with E-state index in [1.165, 1.54) is 18.4 Å². The van der Waals surface area contributed by atoms with E-state index < -0.39 is 5.60 Å². The molecule has 1 aromatic rings. The first-order valence-corrected chi connectivity index (χ1v) is 7.25. The van der Waals surface area contributed by atoms with E-state index in [2.05, 4.69) is 13.0 Å². The maximum Gasteiger partial charge on any atom is 0.118 e. The Labute approximate surface area is 116 Å². The van der Waals surface area contributed by atoms with Crippen molar-refractivity contribution < 1.29 is 9.84 Å². The molecule has 1 aliphatic rings. The zero-order chi connectivity index (χ0) is 13.7. The third-order valence-electron chi connectivity index (χ3n) is 4.18. The molecular formula is C17H24O2. The molecule has 0 aliphatic heterocycles. The van der Waals surface area contributed by atoms with E-state index in [1.54, 1.807) is 7.11 Å². The van der Waals surface area contributed by atoms with Crippen molar-refractivity contribution in [1.29, 1.82) is 0 Å². The smallest absolute Gasteiger partial charge is 0.118 e. The number of benzene rings is 1. The van der Waals surface area contributed by atoms with Crippen molar-refractivity contribution >= 4 is 6.08 Å². The molecule has 0 radical (unpaired) electrons. The molecule has 0 spiro atoms. The van der Waals surface area contributed by atoms with Crippen molar-refractivity contribution in [3.05, 3.63) is 35.4 Å². The van der Waals surface area contributed by atoms with Crippen LogP contribution in [0.5, 0.6) is 5.75 Å². The van der Waals surface area contributed by atoms with E-state index in [4.69, 9.17) is 4.74 Å². The Kier molecular flexibility index (Phi) is 4.65. The summed E-state index contributed by atoms with van der Waals surface area (Å²) < 4.78 is 5.17. The summed E-state index contributed by atoms with van der Waals surface area (Å²) >= 11 is 0. The lowest BCUT2D eigenvalue weighted by Gasteiger charge is -2.28. The summed E-state index contributed by atoms with van der Waals surface area (Å²) in [5, 5.41) is 10.8. The van der Waals surface area contributed by atoms with Crippen LogP contribution in [0.25, 0.3) is 6.08 Å². The minimum atomic E-state index is -0.601. The summed E-state index contributed by atoms with van der Waals surface area (Å²) in [6.07, 6.45) is 8.40. The average molecular weight is 260 g/mol. The molecule has 2 rings (SSSR count). The van der Waals surface area contributed by atoms with E-state index >= 15 is 0 Å². The third kappa shape index (κ3) is 3.38. The zero-order valence-electron chi connectivity index (χ0n) is 12.0. The summed E-state index contributed by atoms with van der Waals surface area (Å²) in [5.41, 5.74) is 1.73. The van der Waals surface area contributed by atoms with Crippen molar-refractivity contribution in [3.8, 4) is 5.75 Å². The van der Waals surface area contributed by atoms with Gasteiger partial charge in [0.25, 0.3) is 0 Å². The average Bonchev–Trinajstić information content (AvgIpc) is 2.63. The molecule has 0 heterocycles. The zero-order valence-corrected chi connectivity index (χ0v) is 12.0. The van der Waals surface area contributed by atoms with Crippen LogP contribution >= 0.6 is 0 Å². The van der Waals surface area contributed by atoms with E-state index in [9.17, 15) is 5.11 Å². The highest BCUT2D eigenvalue weighted by Gasteiger charge is 2.30. The summed E-state index contributed by atoms with van der Waals surface area (Å²) in [6.45, 7) is 2.08. The van der Waals surface area contributed by atoms with Gasteiger partial charge in [0, 0.05) is 0 Å². The van der Waals surface area contributed by atoms with Crippen molar-refractivity contribution in [2.45, 2.75) is 51.0 Å². The lowest BCUT2D eigenvalue weighted by atomic mass is 9.85. The minimum absolute atomic E-state index is 0.601. The van der Waals surface area contributed by atoms with Crippen LogP contribution in [-0.2, 0) is 0 Å². The first kappa shape index (κ1) is 14.1.